The van der Waals surface area contributed by atoms with Gasteiger partial charge in [0.05, 0.1) is 47.1 Å². The Bertz CT molecular complexity index is 1420. The fourth-order valence-electron chi connectivity index (χ4n) is 4.59. The van der Waals surface area contributed by atoms with Gasteiger partial charge in [0.15, 0.2) is 23.0 Å². The number of hydrogen-bond acceptors (Lipinski definition) is 10. The Labute approximate surface area is 237 Å². The Morgan fingerprint density at radius 2 is 1.39 bits per heavy atom. The van der Waals surface area contributed by atoms with Crippen LogP contribution in [0.15, 0.2) is 54.1 Å². The van der Waals surface area contributed by atoms with Crippen molar-refractivity contribution in [1.82, 2.24) is 0 Å². The van der Waals surface area contributed by atoms with Crippen LogP contribution in [0.5, 0.6) is 34.5 Å². The van der Waals surface area contributed by atoms with E-state index in [9.17, 15) is 14.9 Å². The van der Waals surface area contributed by atoms with Gasteiger partial charge in [-0.15, -0.1) is 0 Å². The molecule has 0 bridgehead atoms. The van der Waals surface area contributed by atoms with Crippen LogP contribution in [0.1, 0.15) is 16.7 Å². The number of nitrogens with zero attached hydrogens (tertiary/aromatic N) is 1. The van der Waals surface area contributed by atoms with Crippen molar-refractivity contribution in [3.63, 3.8) is 0 Å². The summed E-state index contributed by atoms with van der Waals surface area (Å²) in [6, 6.07) is 13.2. The summed E-state index contributed by atoms with van der Waals surface area (Å²) in [5, 5.41) is 10.9. The van der Waals surface area contributed by atoms with E-state index in [2.05, 4.69) is 0 Å². The molecule has 0 amide bonds. The van der Waals surface area contributed by atoms with Crippen molar-refractivity contribution in [2.75, 3.05) is 42.2 Å². The standard InChI is InChI=1S/C30H31NO10/c1-35-24-12-19(13-25(36-2)28(24)38-4)10-21-17-41-30(32)23(21)11-20-14-26(37-3)29(39-5)27(15-20)40-16-18-6-8-22(9-7-18)31(33)34/h6-9,11-15,21H,10,16-17H2,1-5H3/t21-/m1/s1. The van der Waals surface area contributed by atoms with Crippen LogP contribution in [0.2, 0.25) is 0 Å². The number of carbonyl (C=O) groups excluding carboxylic acids is 1. The van der Waals surface area contributed by atoms with Gasteiger partial charge in [-0.25, -0.2) is 4.79 Å². The van der Waals surface area contributed by atoms with E-state index in [1.54, 1.807) is 44.6 Å². The molecule has 41 heavy (non-hydrogen) atoms. The molecular formula is C30H31NO10. The predicted octanol–water partition coefficient (Wildman–Crippen LogP) is 5.02. The number of carbonyl (C=O) groups is 1. The Morgan fingerprint density at radius 1 is 0.829 bits per heavy atom. The van der Waals surface area contributed by atoms with Gasteiger partial charge >= 0.3 is 5.97 Å². The zero-order chi connectivity index (χ0) is 29.5. The summed E-state index contributed by atoms with van der Waals surface area (Å²) in [5.41, 5.74) is 2.74. The Balaban J connectivity index is 1.63. The molecule has 3 aromatic rings. The normalized spacial score (nSPS) is 15.3. The Morgan fingerprint density at radius 3 is 1.95 bits per heavy atom. The molecule has 0 spiro atoms. The van der Waals surface area contributed by atoms with Crippen LogP contribution in [-0.4, -0.2) is 53.0 Å². The van der Waals surface area contributed by atoms with E-state index >= 15 is 0 Å². The maximum atomic E-state index is 12.8. The summed E-state index contributed by atoms with van der Waals surface area (Å²) >= 11 is 0. The molecule has 1 saturated heterocycles. The number of cyclic esters (lactones) is 1. The highest BCUT2D eigenvalue weighted by atomic mass is 16.6. The first kappa shape index (κ1) is 29.1. The predicted molar refractivity (Wildman–Crippen MR) is 149 cm³/mol. The van der Waals surface area contributed by atoms with Crippen LogP contribution < -0.4 is 28.4 Å². The second kappa shape index (κ2) is 12.9. The number of rotatable bonds is 12. The van der Waals surface area contributed by atoms with Crippen LogP contribution in [0.25, 0.3) is 6.08 Å². The Kier molecular flexibility index (Phi) is 9.18. The molecule has 0 N–H and O–H groups in total. The average Bonchev–Trinajstić information content (AvgIpc) is 3.32. The highest BCUT2D eigenvalue weighted by Crippen LogP contribution is 2.42. The van der Waals surface area contributed by atoms with Gasteiger partial charge < -0.3 is 33.2 Å². The highest BCUT2D eigenvalue weighted by Gasteiger charge is 2.31. The average molecular weight is 566 g/mol. The summed E-state index contributed by atoms with van der Waals surface area (Å²) in [4.78, 5) is 23.3. The molecule has 0 aliphatic carbocycles. The molecule has 0 radical (unpaired) electrons. The van der Waals surface area contributed by atoms with Gasteiger partial charge in [-0.3, -0.25) is 10.1 Å². The van der Waals surface area contributed by atoms with Gasteiger partial charge in [-0.2, -0.15) is 0 Å². The zero-order valence-electron chi connectivity index (χ0n) is 23.4. The van der Waals surface area contributed by atoms with E-state index in [4.69, 9.17) is 33.2 Å². The monoisotopic (exact) mass is 565 g/mol. The largest absolute Gasteiger partial charge is 0.493 e. The van der Waals surface area contributed by atoms with Crippen molar-refractivity contribution in [2.24, 2.45) is 5.92 Å². The third-order valence-electron chi connectivity index (χ3n) is 6.63. The fourth-order valence-corrected chi connectivity index (χ4v) is 4.59. The summed E-state index contributed by atoms with van der Waals surface area (Å²) < 4.78 is 38.9. The Hall–Kier alpha value is -4.93. The molecule has 1 fully saturated rings. The van der Waals surface area contributed by atoms with Crippen molar-refractivity contribution in [3.8, 4) is 34.5 Å². The SMILES string of the molecule is COc1cc(C[C@@H]2COC(=O)C2=Cc2cc(OC)c(OC)c(OCc3ccc([N+](=O)[O-])cc3)c2)cc(OC)c1OC. The maximum Gasteiger partial charge on any atom is 0.334 e. The first-order valence-corrected chi connectivity index (χ1v) is 12.6. The van der Waals surface area contributed by atoms with E-state index in [1.165, 1.54) is 33.5 Å². The summed E-state index contributed by atoms with van der Waals surface area (Å²) in [6.45, 7) is 0.349. The van der Waals surface area contributed by atoms with Crippen molar-refractivity contribution in [2.45, 2.75) is 13.0 Å². The topological polar surface area (TPSA) is 125 Å². The summed E-state index contributed by atoms with van der Waals surface area (Å²) in [5.74, 6) is 2.05. The number of methoxy groups -OCH3 is 5. The molecule has 11 heteroatoms. The molecule has 216 valence electrons. The van der Waals surface area contributed by atoms with Gasteiger partial charge in [0.25, 0.3) is 5.69 Å². The molecule has 0 aromatic heterocycles. The van der Waals surface area contributed by atoms with Crippen molar-refractivity contribution in [1.29, 1.82) is 0 Å². The van der Waals surface area contributed by atoms with Gasteiger partial charge in [-0.1, -0.05) is 0 Å². The summed E-state index contributed by atoms with van der Waals surface area (Å²) in [7, 11) is 7.64. The van der Waals surface area contributed by atoms with Gasteiger partial charge in [0.1, 0.15) is 6.61 Å². The minimum atomic E-state index is -0.460. The summed E-state index contributed by atoms with van der Waals surface area (Å²) in [6.07, 6.45) is 2.24. The van der Waals surface area contributed by atoms with Crippen LogP contribution in [0, 0.1) is 16.0 Å². The number of nitro groups is 1. The molecule has 11 nitrogen and oxygen atoms in total. The molecule has 0 saturated carbocycles. The van der Waals surface area contributed by atoms with Crippen LogP contribution >= 0.6 is 0 Å². The lowest BCUT2D eigenvalue weighted by Gasteiger charge is -2.16. The minimum Gasteiger partial charge on any atom is -0.493 e. The van der Waals surface area contributed by atoms with E-state index in [1.807, 2.05) is 12.1 Å². The number of hydrogen-bond donors (Lipinski definition) is 0. The van der Waals surface area contributed by atoms with Crippen molar-refractivity contribution in [3.05, 3.63) is 80.9 Å². The number of esters is 1. The van der Waals surface area contributed by atoms with E-state index in [-0.39, 0.29) is 24.8 Å². The molecule has 1 aliphatic heterocycles. The first-order chi connectivity index (χ1) is 19.8. The lowest BCUT2D eigenvalue weighted by molar-refractivity contribution is -0.384. The van der Waals surface area contributed by atoms with Crippen molar-refractivity contribution < 1.29 is 42.9 Å². The third-order valence-corrected chi connectivity index (χ3v) is 6.63. The lowest BCUT2D eigenvalue weighted by Crippen LogP contribution is -2.08. The number of ether oxygens (including phenoxy) is 7. The van der Waals surface area contributed by atoms with Gasteiger partial charge in [0, 0.05) is 23.6 Å². The fraction of sp³-hybridized carbons (Fsp3) is 0.300. The second-order valence-corrected chi connectivity index (χ2v) is 9.10. The first-order valence-electron chi connectivity index (χ1n) is 12.6. The van der Waals surface area contributed by atoms with E-state index in [0.29, 0.717) is 52.1 Å². The quantitative estimate of drug-likeness (QED) is 0.128. The molecule has 1 heterocycles. The van der Waals surface area contributed by atoms with Crippen LogP contribution in [-0.2, 0) is 22.6 Å². The maximum absolute atomic E-state index is 12.8. The smallest absolute Gasteiger partial charge is 0.334 e. The van der Waals surface area contributed by atoms with E-state index in [0.717, 1.165) is 11.1 Å². The van der Waals surface area contributed by atoms with Crippen LogP contribution in [0.4, 0.5) is 5.69 Å². The molecule has 4 rings (SSSR count). The van der Waals surface area contributed by atoms with Crippen molar-refractivity contribution >= 4 is 17.7 Å². The lowest BCUT2D eigenvalue weighted by atomic mass is 9.92. The third kappa shape index (κ3) is 6.46. The van der Waals surface area contributed by atoms with Crippen LogP contribution in [0.3, 0.4) is 0 Å². The number of benzene rings is 3. The van der Waals surface area contributed by atoms with E-state index < -0.39 is 10.9 Å². The molecule has 1 atom stereocenters. The molecular weight excluding hydrogens is 534 g/mol. The molecule has 1 aliphatic rings. The highest BCUT2D eigenvalue weighted by molar-refractivity contribution is 5.96. The number of non-ortho nitro benzene ring substituents is 1. The minimum absolute atomic E-state index is 0.00819. The van der Waals surface area contributed by atoms with Gasteiger partial charge in [0.2, 0.25) is 11.5 Å². The zero-order valence-corrected chi connectivity index (χ0v) is 23.4. The van der Waals surface area contributed by atoms with Gasteiger partial charge in [-0.05, 0) is 65.6 Å². The molecule has 3 aromatic carbocycles. The number of nitro benzene ring substituents is 1. The second-order valence-electron chi connectivity index (χ2n) is 9.10. The molecule has 0 unspecified atom stereocenters.